The van der Waals surface area contributed by atoms with Crippen LogP contribution in [0, 0.1) is 23.2 Å². The zero-order valence-electron chi connectivity index (χ0n) is 11.3. The molecular weight excluding hydrogens is 208 g/mol. The minimum atomic E-state index is 0.261. The summed E-state index contributed by atoms with van der Waals surface area (Å²) >= 11 is 0. The van der Waals surface area contributed by atoms with Crippen LogP contribution in [-0.4, -0.2) is 6.29 Å². The molecule has 0 aromatic rings. The van der Waals surface area contributed by atoms with Gasteiger partial charge in [0.25, 0.3) is 0 Å². The largest absolute Gasteiger partial charge is 0.303 e. The molecule has 2 aliphatic rings. The van der Waals surface area contributed by atoms with Gasteiger partial charge < -0.3 is 4.79 Å². The van der Waals surface area contributed by atoms with E-state index in [4.69, 9.17) is 0 Å². The topological polar surface area (TPSA) is 17.1 Å². The number of carbonyl (C=O) groups is 1. The zero-order chi connectivity index (χ0) is 12.5. The van der Waals surface area contributed by atoms with Crippen LogP contribution in [-0.2, 0) is 4.79 Å². The SMILES string of the molecule is CC1=CCC(CC2CC=CCC2C=O)C1(C)C. The third-order valence-corrected chi connectivity index (χ3v) is 5.13. The second kappa shape index (κ2) is 4.80. The Morgan fingerprint density at radius 2 is 2.00 bits per heavy atom. The molecule has 0 radical (unpaired) electrons. The van der Waals surface area contributed by atoms with E-state index in [2.05, 4.69) is 39.0 Å². The van der Waals surface area contributed by atoms with Gasteiger partial charge >= 0.3 is 0 Å². The smallest absolute Gasteiger partial charge is 0.123 e. The lowest BCUT2D eigenvalue weighted by Crippen LogP contribution is -2.27. The Kier molecular flexibility index (Phi) is 3.56. The standard InChI is InChI=1S/C16H24O/c1-12-8-9-15(16(12,2)3)10-13-6-4-5-7-14(13)11-17/h4-5,8,11,13-15H,6-7,9-10H2,1-3H3. The van der Waals surface area contributed by atoms with Crippen molar-refractivity contribution >= 4 is 6.29 Å². The summed E-state index contributed by atoms with van der Waals surface area (Å²) in [6.07, 6.45) is 12.4. The van der Waals surface area contributed by atoms with E-state index in [1.54, 1.807) is 0 Å². The Labute approximate surface area is 105 Å². The van der Waals surface area contributed by atoms with Crippen molar-refractivity contribution in [2.75, 3.05) is 0 Å². The fourth-order valence-corrected chi connectivity index (χ4v) is 3.28. The number of carbonyl (C=O) groups excluding carboxylic acids is 1. The van der Waals surface area contributed by atoms with Crippen molar-refractivity contribution in [2.24, 2.45) is 23.2 Å². The predicted octanol–water partition coefficient (Wildman–Crippen LogP) is 4.15. The quantitative estimate of drug-likeness (QED) is 0.527. The van der Waals surface area contributed by atoms with Gasteiger partial charge in [-0.1, -0.05) is 37.6 Å². The molecular formula is C16H24O. The number of hydrogen-bond donors (Lipinski definition) is 0. The lowest BCUT2D eigenvalue weighted by Gasteiger charge is -2.34. The van der Waals surface area contributed by atoms with Crippen LogP contribution in [0.15, 0.2) is 23.8 Å². The predicted molar refractivity (Wildman–Crippen MR) is 71.7 cm³/mol. The maximum atomic E-state index is 11.1. The van der Waals surface area contributed by atoms with Crippen molar-refractivity contribution in [3.63, 3.8) is 0 Å². The highest BCUT2D eigenvalue weighted by atomic mass is 16.1. The van der Waals surface area contributed by atoms with Gasteiger partial charge in [-0.2, -0.15) is 0 Å². The van der Waals surface area contributed by atoms with Gasteiger partial charge in [0.15, 0.2) is 0 Å². The fourth-order valence-electron chi connectivity index (χ4n) is 3.28. The highest BCUT2D eigenvalue weighted by Crippen LogP contribution is 2.47. The summed E-state index contributed by atoms with van der Waals surface area (Å²) in [6, 6.07) is 0. The molecule has 3 unspecified atom stereocenters. The molecule has 0 heterocycles. The van der Waals surface area contributed by atoms with Gasteiger partial charge in [-0.15, -0.1) is 0 Å². The van der Waals surface area contributed by atoms with Crippen molar-refractivity contribution < 1.29 is 4.79 Å². The van der Waals surface area contributed by atoms with Crippen molar-refractivity contribution in [3.8, 4) is 0 Å². The molecule has 17 heavy (non-hydrogen) atoms. The molecule has 1 heteroatoms. The zero-order valence-corrected chi connectivity index (χ0v) is 11.3. The molecule has 2 aliphatic carbocycles. The maximum absolute atomic E-state index is 11.1. The Morgan fingerprint density at radius 3 is 2.59 bits per heavy atom. The van der Waals surface area contributed by atoms with Crippen molar-refractivity contribution in [1.82, 2.24) is 0 Å². The van der Waals surface area contributed by atoms with Crippen LogP contribution in [0.3, 0.4) is 0 Å². The monoisotopic (exact) mass is 232 g/mol. The molecule has 0 saturated heterocycles. The molecule has 0 amide bonds. The minimum Gasteiger partial charge on any atom is -0.303 e. The average molecular weight is 232 g/mol. The summed E-state index contributed by atoms with van der Waals surface area (Å²) in [4.78, 5) is 11.1. The first-order valence-corrected chi connectivity index (χ1v) is 6.83. The van der Waals surface area contributed by atoms with E-state index in [1.807, 2.05) is 0 Å². The van der Waals surface area contributed by atoms with Crippen LogP contribution in [0.4, 0.5) is 0 Å². The van der Waals surface area contributed by atoms with E-state index in [9.17, 15) is 4.79 Å². The molecule has 0 spiro atoms. The first kappa shape index (κ1) is 12.6. The van der Waals surface area contributed by atoms with E-state index in [-0.39, 0.29) is 5.92 Å². The van der Waals surface area contributed by atoms with Gasteiger partial charge in [-0.3, -0.25) is 0 Å². The Morgan fingerprint density at radius 1 is 1.29 bits per heavy atom. The second-order valence-electron chi connectivity index (χ2n) is 6.28. The molecule has 0 saturated carbocycles. The van der Waals surface area contributed by atoms with Gasteiger partial charge in [0.2, 0.25) is 0 Å². The Balaban J connectivity index is 2.02. The van der Waals surface area contributed by atoms with E-state index in [1.165, 1.54) is 24.7 Å². The van der Waals surface area contributed by atoms with Crippen molar-refractivity contribution in [2.45, 2.75) is 46.5 Å². The summed E-state index contributed by atoms with van der Waals surface area (Å²) in [6.45, 7) is 6.95. The Bertz CT molecular complexity index is 349. The summed E-state index contributed by atoms with van der Waals surface area (Å²) in [5, 5.41) is 0. The second-order valence-corrected chi connectivity index (χ2v) is 6.28. The molecule has 3 atom stereocenters. The number of rotatable bonds is 3. The van der Waals surface area contributed by atoms with E-state index < -0.39 is 0 Å². The molecule has 0 fully saturated rings. The summed E-state index contributed by atoms with van der Waals surface area (Å²) < 4.78 is 0. The van der Waals surface area contributed by atoms with Crippen LogP contribution in [0.2, 0.25) is 0 Å². The molecule has 94 valence electrons. The number of allylic oxidation sites excluding steroid dienone is 4. The highest BCUT2D eigenvalue weighted by molar-refractivity contribution is 5.55. The summed E-state index contributed by atoms with van der Waals surface area (Å²) in [7, 11) is 0. The van der Waals surface area contributed by atoms with Gasteiger partial charge in [0.05, 0.1) is 0 Å². The van der Waals surface area contributed by atoms with E-state index in [0.717, 1.165) is 18.8 Å². The van der Waals surface area contributed by atoms with Crippen LogP contribution in [0.5, 0.6) is 0 Å². The molecule has 1 nitrogen and oxygen atoms in total. The van der Waals surface area contributed by atoms with Crippen LogP contribution >= 0.6 is 0 Å². The summed E-state index contributed by atoms with van der Waals surface area (Å²) in [5.41, 5.74) is 1.85. The first-order chi connectivity index (χ1) is 8.05. The lowest BCUT2D eigenvalue weighted by atomic mass is 9.70. The molecule has 0 N–H and O–H groups in total. The summed E-state index contributed by atoms with van der Waals surface area (Å²) in [5.74, 6) is 1.55. The van der Waals surface area contributed by atoms with Gasteiger partial charge in [-0.25, -0.2) is 0 Å². The molecule has 0 bridgehead atoms. The third-order valence-electron chi connectivity index (χ3n) is 5.13. The molecule has 0 aromatic heterocycles. The van der Waals surface area contributed by atoms with Crippen LogP contribution in [0.1, 0.15) is 46.5 Å². The van der Waals surface area contributed by atoms with Gasteiger partial charge in [0.1, 0.15) is 6.29 Å². The van der Waals surface area contributed by atoms with Crippen molar-refractivity contribution in [3.05, 3.63) is 23.8 Å². The van der Waals surface area contributed by atoms with Crippen LogP contribution in [0.25, 0.3) is 0 Å². The van der Waals surface area contributed by atoms with Crippen LogP contribution < -0.4 is 0 Å². The molecule has 2 rings (SSSR count). The van der Waals surface area contributed by atoms with E-state index >= 15 is 0 Å². The highest BCUT2D eigenvalue weighted by Gasteiger charge is 2.37. The van der Waals surface area contributed by atoms with E-state index in [0.29, 0.717) is 11.3 Å². The fraction of sp³-hybridized carbons (Fsp3) is 0.688. The normalized spacial score (nSPS) is 35.7. The number of aldehydes is 1. The maximum Gasteiger partial charge on any atom is 0.123 e. The lowest BCUT2D eigenvalue weighted by molar-refractivity contribution is -0.112. The molecule has 0 aliphatic heterocycles. The average Bonchev–Trinajstić information content (AvgIpc) is 2.57. The third kappa shape index (κ3) is 2.38. The molecule has 0 aromatic carbocycles. The van der Waals surface area contributed by atoms with Gasteiger partial charge in [0, 0.05) is 5.92 Å². The first-order valence-electron chi connectivity index (χ1n) is 6.83. The van der Waals surface area contributed by atoms with Crippen molar-refractivity contribution in [1.29, 1.82) is 0 Å². The van der Waals surface area contributed by atoms with Gasteiger partial charge in [-0.05, 0) is 49.9 Å². The Hall–Kier alpha value is -0.850. The minimum absolute atomic E-state index is 0.261. The number of hydrogen-bond acceptors (Lipinski definition) is 1.